The first-order valence-electron chi connectivity index (χ1n) is 5.16. The van der Waals surface area contributed by atoms with Gasteiger partial charge in [-0.1, -0.05) is 23.7 Å². The average Bonchev–Trinajstić information content (AvgIpc) is 2.37. The molecule has 92 valence electrons. The molecule has 0 fully saturated rings. The van der Waals surface area contributed by atoms with Crippen LogP contribution in [-0.4, -0.2) is 23.2 Å². The molecular weight excluding hydrogens is 254 g/mol. The largest absolute Gasteiger partial charge is 0.480 e. The minimum absolute atomic E-state index is 0.0308. The summed E-state index contributed by atoms with van der Waals surface area (Å²) in [6.45, 7) is 0. The molecule has 1 aromatic heterocycles. The monoisotopic (exact) mass is 263 g/mol. The molecule has 1 N–H and O–H groups in total. The van der Waals surface area contributed by atoms with Crippen LogP contribution in [0.3, 0.4) is 0 Å². The molecule has 0 amide bonds. The quantitative estimate of drug-likeness (QED) is 0.924. The molecule has 0 aliphatic carbocycles. The molecule has 2 aromatic rings. The third kappa shape index (κ3) is 2.43. The van der Waals surface area contributed by atoms with Crippen molar-refractivity contribution in [3.8, 4) is 17.1 Å². The molecule has 4 nitrogen and oxygen atoms in total. The van der Waals surface area contributed by atoms with Gasteiger partial charge in [-0.25, -0.2) is 9.78 Å². The molecule has 0 saturated heterocycles. The number of carboxylic acids is 1. The Bertz CT molecular complexity index is 599. The third-order valence-corrected chi connectivity index (χ3v) is 2.64. The summed E-state index contributed by atoms with van der Waals surface area (Å²) in [6, 6.07) is 10.2. The van der Waals surface area contributed by atoms with Crippen LogP contribution in [0.5, 0.6) is 5.88 Å². The van der Waals surface area contributed by atoms with Crippen LogP contribution < -0.4 is 4.74 Å². The average molecular weight is 264 g/mol. The Morgan fingerprint density at radius 2 is 2.11 bits per heavy atom. The number of hydrogen-bond donors (Lipinski definition) is 1. The molecule has 0 aliphatic heterocycles. The zero-order valence-electron chi connectivity index (χ0n) is 9.55. The van der Waals surface area contributed by atoms with E-state index in [9.17, 15) is 4.79 Å². The number of halogens is 1. The van der Waals surface area contributed by atoms with Crippen LogP contribution in [0.25, 0.3) is 11.3 Å². The van der Waals surface area contributed by atoms with E-state index >= 15 is 0 Å². The summed E-state index contributed by atoms with van der Waals surface area (Å²) in [6.07, 6.45) is 0. The molecule has 0 saturated carbocycles. The Balaban J connectivity index is 2.51. The summed E-state index contributed by atoms with van der Waals surface area (Å²) >= 11 is 5.90. The zero-order chi connectivity index (χ0) is 13.1. The highest BCUT2D eigenvalue weighted by molar-refractivity contribution is 6.30. The molecule has 0 radical (unpaired) electrons. The summed E-state index contributed by atoms with van der Waals surface area (Å²) in [5.74, 6) is -0.989. The maximum absolute atomic E-state index is 10.9. The number of benzene rings is 1. The van der Waals surface area contributed by atoms with Crippen molar-refractivity contribution in [2.45, 2.75) is 0 Å². The van der Waals surface area contributed by atoms with Crippen LogP contribution in [0, 0.1) is 0 Å². The van der Waals surface area contributed by atoms with Gasteiger partial charge >= 0.3 is 5.97 Å². The minimum Gasteiger partial charge on any atom is -0.480 e. The Kier molecular flexibility index (Phi) is 3.48. The summed E-state index contributed by atoms with van der Waals surface area (Å²) in [5, 5.41) is 9.55. The van der Waals surface area contributed by atoms with Gasteiger partial charge in [-0.2, -0.15) is 0 Å². The van der Waals surface area contributed by atoms with Crippen LogP contribution >= 0.6 is 11.6 Å². The number of aromatic nitrogens is 1. The van der Waals surface area contributed by atoms with Gasteiger partial charge in [0, 0.05) is 10.6 Å². The molecule has 1 aromatic carbocycles. The number of carboxylic acid groups (broad SMARTS) is 1. The van der Waals surface area contributed by atoms with E-state index in [2.05, 4.69) is 4.98 Å². The van der Waals surface area contributed by atoms with Crippen molar-refractivity contribution in [2.75, 3.05) is 7.11 Å². The van der Waals surface area contributed by atoms with Gasteiger partial charge < -0.3 is 9.84 Å². The number of pyridine rings is 1. The Labute approximate surface area is 109 Å². The van der Waals surface area contributed by atoms with Gasteiger partial charge in [0.15, 0.2) is 0 Å². The van der Waals surface area contributed by atoms with Gasteiger partial charge in [0.25, 0.3) is 0 Å². The second-order valence-electron chi connectivity index (χ2n) is 3.57. The molecule has 0 aliphatic rings. The smallest absolute Gasteiger partial charge is 0.341 e. The molecule has 2 rings (SSSR count). The first-order chi connectivity index (χ1) is 8.61. The van der Waals surface area contributed by atoms with Crippen molar-refractivity contribution >= 4 is 17.6 Å². The predicted molar refractivity (Wildman–Crippen MR) is 68.2 cm³/mol. The van der Waals surface area contributed by atoms with Gasteiger partial charge in [0.2, 0.25) is 5.88 Å². The summed E-state index contributed by atoms with van der Waals surface area (Å²) in [7, 11) is 1.39. The highest BCUT2D eigenvalue weighted by atomic mass is 35.5. The summed E-state index contributed by atoms with van der Waals surface area (Å²) in [4.78, 5) is 15.1. The van der Waals surface area contributed by atoms with E-state index in [0.29, 0.717) is 10.7 Å². The maximum atomic E-state index is 10.9. The molecule has 5 heteroatoms. The van der Waals surface area contributed by atoms with E-state index in [-0.39, 0.29) is 11.4 Å². The highest BCUT2D eigenvalue weighted by Crippen LogP contribution is 2.25. The van der Waals surface area contributed by atoms with Gasteiger partial charge in [0.05, 0.1) is 12.8 Å². The first kappa shape index (κ1) is 12.4. The fourth-order valence-electron chi connectivity index (χ4n) is 1.57. The number of methoxy groups -OCH3 is 1. The number of carbonyl (C=O) groups is 1. The summed E-state index contributed by atoms with van der Waals surface area (Å²) in [5.41, 5.74) is 1.44. The molecule has 0 bridgehead atoms. The van der Waals surface area contributed by atoms with Crippen LogP contribution in [0.4, 0.5) is 0 Å². The van der Waals surface area contributed by atoms with Gasteiger partial charge in [-0.15, -0.1) is 0 Å². The van der Waals surface area contributed by atoms with Crippen LogP contribution in [0.1, 0.15) is 10.4 Å². The number of nitrogens with zero attached hydrogens (tertiary/aromatic N) is 1. The van der Waals surface area contributed by atoms with Crippen molar-refractivity contribution in [3.63, 3.8) is 0 Å². The van der Waals surface area contributed by atoms with E-state index in [1.165, 1.54) is 13.2 Å². The van der Waals surface area contributed by atoms with E-state index in [1.807, 2.05) is 6.07 Å². The first-order valence-corrected chi connectivity index (χ1v) is 5.54. The Morgan fingerprint density at radius 3 is 2.72 bits per heavy atom. The second-order valence-corrected chi connectivity index (χ2v) is 4.01. The lowest BCUT2D eigenvalue weighted by Gasteiger charge is -2.07. The summed E-state index contributed by atoms with van der Waals surface area (Å²) < 4.78 is 4.97. The fourth-order valence-corrected chi connectivity index (χ4v) is 1.76. The van der Waals surface area contributed by atoms with E-state index in [4.69, 9.17) is 21.4 Å². The zero-order valence-corrected chi connectivity index (χ0v) is 10.3. The molecule has 18 heavy (non-hydrogen) atoms. The number of aromatic carboxylic acids is 1. The lowest BCUT2D eigenvalue weighted by Crippen LogP contribution is -2.02. The lowest BCUT2D eigenvalue weighted by molar-refractivity contribution is 0.0692. The third-order valence-electron chi connectivity index (χ3n) is 2.40. The minimum atomic E-state index is -1.07. The molecule has 1 heterocycles. The van der Waals surface area contributed by atoms with Crippen LogP contribution in [-0.2, 0) is 0 Å². The van der Waals surface area contributed by atoms with E-state index < -0.39 is 5.97 Å². The highest BCUT2D eigenvalue weighted by Gasteiger charge is 2.13. The van der Waals surface area contributed by atoms with Crippen LogP contribution in [0.15, 0.2) is 36.4 Å². The van der Waals surface area contributed by atoms with Crippen molar-refractivity contribution in [3.05, 3.63) is 47.0 Å². The Morgan fingerprint density at radius 1 is 1.33 bits per heavy atom. The maximum Gasteiger partial charge on any atom is 0.341 e. The van der Waals surface area contributed by atoms with E-state index in [0.717, 1.165) is 5.56 Å². The number of rotatable bonds is 3. The molecular formula is C13H10ClNO3. The number of ether oxygens (including phenoxy) is 1. The van der Waals surface area contributed by atoms with E-state index in [1.54, 1.807) is 24.3 Å². The topological polar surface area (TPSA) is 59.4 Å². The molecule has 0 atom stereocenters. The second kappa shape index (κ2) is 5.06. The fraction of sp³-hybridized carbons (Fsp3) is 0.0769. The van der Waals surface area contributed by atoms with Crippen molar-refractivity contribution in [1.82, 2.24) is 4.98 Å². The van der Waals surface area contributed by atoms with Crippen molar-refractivity contribution in [2.24, 2.45) is 0 Å². The van der Waals surface area contributed by atoms with Crippen molar-refractivity contribution < 1.29 is 14.6 Å². The van der Waals surface area contributed by atoms with Crippen LogP contribution in [0.2, 0.25) is 5.02 Å². The Hall–Kier alpha value is -2.07. The lowest BCUT2D eigenvalue weighted by atomic mass is 10.1. The SMILES string of the molecule is COc1nc(-c2cccc(Cl)c2)ccc1C(=O)O. The van der Waals surface area contributed by atoms with Gasteiger partial charge in [0.1, 0.15) is 5.56 Å². The predicted octanol–water partition coefficient (Wildman–Crippen LogP) is 3.11. The van der Waals surface area contributed by atoms with Crippen molar-refractivity contribution in [1.29, 1.82) is 0 Å². The van der Waals surface area contributed by atoms with Gasteiger partial charge in [-0.05, 0) is 24.3 Å². The standard InChI is InChI=1S/C13H10ClNO3/c1-18-12-10(13(16)17)5-6-11(15-12)8-3-2-4-9(14)7-8/h2-7H,1H3,(H,16,17). The normalized spacial score (nSPS) is 10.1. The van der Waals surface area contributed by atoms with Gasteiger partial charge in [-0.3, -0.25) is 0 Å². The molecule has 0 unspecified atom stereocenters. The molecule has 0 spiro atoms. The number of hydrogen-bond acceptors (Lipinski definition) is 3.